The predicted molar refractivity (Wildman–Crippen MR) is 98.3 cm³/mol. The minimum absolute atomic E-state index is 0.129. The number of benzene rings is 1. The van der Waals surface area contributed by atoms with Crippen molar-refractivity contribution in [1.29, 1.82) is 0 Å². The third-order valence-electron chi connectivity index (χ3n) is 4.00. The van der Waals surface area contributed by atoms with Gasteiger partial charge in [-0.05, 0) is 43.0 Å². The second kappa shape index (κ2) is 6.96. The average molecular weight is 361 g/mol. The van der Waals surface area contributed by atoms with Gasteiger partial charge >= 0.3 is 0 Å². The third kappa shape index (κ3) is 3.33. The summed E-state index contributed by atoms with van der Waals surface area (Å²) >= 11 is 3.25. The fraction of sp³-hybridized carbons (Fsp3) is 0.294. The van der Waals surface area contributed by atoms with E-state index in [1.807, 2.05) is 42.6 Å². The van der Waals surface area contributed by atoms with Crippen LogP contribution in [0.3, 0.4) is 0 Å². The van der Waals surface area contributed by atoms with Crippen LogP contribution in [0.1, 0.15) is 22.6 Å². The highest BCUT2D eigenvalue weighted by Crippen LogP contribution is 2.46. The molecule has 4 N–H and O–H groups in total. The van der Waals surface area contributed by atoms with E-state index in [1.165, 1.54) is 0 Å². The van der Waals surface area contributed by atoms with E-state index in [2.05, 4.69) is 10.6 Å². The largest absolute Gasteiger partial charge is 0.368 e. The van der Waals surface area contributed by atoms with E-state index >= 15 is 0 Å². The summed E-state index contributed by atoms with van der Waals surface area (Å²) in [7, 11) is 0. The SMILES string of the molecule is Cc1ccsc1[C@H]1Sc2ccccc2NC(=O)[C@H]1N[C@@H](C)C(N)=O. The molecular weight excluding hydrogens is 342 g/mol. The molecule has 0 spiro atoms. The molecule has 2 heterocycles. The minimum Gasteiger partial charge on any atom is -0.368 e. The van der Waals surface area contributed by atoms with Crippen LogP contribution in [0.2, 0.25) is 0 Å². The monoisotopic (exact) mass is 361 g/mol. The average Bonchev–Trinajstić information content (AvgIpc) is 2.91. The van der Waals surface area contributed by atoms with Crippen molar-refractivity contribution in [2.75, 3.05) is 5.32 Å². The van der Waals surface area contributed by atoms with Gasteiger partial charge in [0, 0.05) is 9.77 Å². The second-order valence-electron chi connectivity index (χ2n) is 5.76. The van der Waals surface area contributed by atoms with Gasteiger partial charge in [0.15, 0.2) is 0 Å². The van der Waals surface area contributed by atoms with Gasteiger partial charge in [-0.25, -0.2) is 0 Å². The van der Waals surface area contributed by atoms with Crippen molar-refractivity contribution in [2.24, 2.45) is 5.73 Å². The number of nitrogens with one attached hydrogen (secondary N) is 2. The van der Waals surface area contributed by atoms with Crippen molar-refractivity contribution in [3.8, 4) is 0 Å². The normalized spacial score (nSPS) is 21.5. The van der Waals surface area contributed by atoms with Crippen molar-refractivity contribution >= 4 is 40.6 Å². The molecule has 0 aliphatic carbocycles. The van der Waals surface area contributed by atoms with Crippen LogP contribution < -0.4 is 16.4 Å². The summed E-state index contributed by atoms with van der Waals surface area (Å²) in [5.41, 5.74) is 7.31. The fourth-order valence-electron chi connectivity index (χ4n) is 2.62. The lowest BCUT2D eigenvalue weighted by atomic mass is 10.1. The van der Waals surface area contributed by atoms with Gasteiger partial charge in [-0.2, -0.15) is 0 Å². The Morgan fingerprint density at radius 2 is 2.08 bits per heavy atom. The molecule has 0 bridgehead atoms. The van der Waals surface area contributed by atoms with Crippen LogP contribution in [0, 0.1) is 6.92 Å². The van der Waals surface area contributed by atoms with Crippen LogP contribution in [0.5, 0.6) is 0 Å². The molecule has 0 fully saturated rings. The first-order valence-corrected chi connectivity index (χ1v) is 9.39. The molecule has 1 aliphatic heterocycles. The molecule has 3 atom stereocenters. The Balaban J connectivity index is 2.02. The van der Waals surface area contributed by atoms with Crippen molar-refractivity contribution in [1.82, 2.24) is 5.32 Å². The number of para-hydroxylation sites is 1. The van der Waals surface area contributed by atoms with E-state index < -0.39 is 18.0 Å². The number of carbonyl (C=O) groups is 2. The Morgan fingerprint density at radius 1 is 1.33 bits per heavy atom. The Bertz CT molecular complexity index is 775. The van der Waals surface area contributed by atoms with Crippen molar-refractivity contribution in [3.63, 3.8) is 0 Å². The molecule has 3 rings (SSSR count). The molecular formula is C17H19N3O2S2. The Labute approximate surface area is 149 Å². The maximum absolute atomic E-state index is 12.8. The highest BCUT2D eigenvalue weighted by molar-refractivity contribution is 8.00. The van der Waals surface area contributed by atoms with Crippen LogP contribution in [0.4, 0.5) is 5.69 Å². The van der Waals surface area contributed by atoms with Gasteiger partial charge < -0.3 is 11.1 Å². The van der Waals surface area contributed by atoms with E-state index in [4.69, 9.17) is 5.73 Å². The van der Waals surface area contributed by atoms with Crippen LogP contribution in [0.15, 0.2) is 40.6 Å². The van der Waals surface area contributed by atoms with Gasteiger partial charge in [-0.15, -0.1) is 23.1 Å². The lowest BCUT2D eigenvalue weighted by Gasteiger charge is -2.26. The standard InChI is InChI=1S/C17H19N3O2S2/c1-9-7-8-23-14(9)15-13(19-10(2)16(18)21)17(22)20-11-5-3-4-6-12(11)24-15/h3-8,10,13,15,19H,1-2H3,(H2,18,21)(H,20,22)/t10-,13-,15-/m0/s1. The molecule has 1 aliphatic rings. The first-order chi connectivity index (χ1) is 11.5. The number of thioether (sulfide) groups is 1. The van der Waals surface area contributed by atoms with Gasteiger partial charge in [0.05, 0.1) is 17.0 Å². The Kier molecular flexibility index (Phi) is 4.93. The summed E-state index contributed by atoms with van der Waals surface area (Å²) in [4.78, 5) is 26.4. The van der Waals surface area contributed by atoms with E-state index in [0.29, 0.717) is 0 Å². The summed E-state index contributed by atoms with van der Waals surface area (Å²) in [6, 6.07) is 8.63. The first kappa shape index (κ1) is 17.0. The van der Waals surface area contributed by atoms with E-state index in [-0.39, 0.29) is 11.2 Å². The van der Waals surface area contributed by atoms with Gasteiger partial charge in [-0.1, -0.05) is 12.1 Å². The molecule has 0 saturated heterocycles. The Morgan fingerprint density at radius 3 is 2.75 bits per heavy atom. The van der Waals surface area contributed by atoms with E-state index in [1.54, 1.807) is 30.0 Å². The van der Waals surface area contributed by atoms with E-state index in [9.17, 15) is 9.59 Å². The maximum Gasteiger partial charge on any atom is 0.243 e. The van der Waals surface area contributed by atoms with Gasteiger partial charge in [0.25, 0.3) is 0 Å². The summed E-state index contributed by atoms with van der Waals surface area (Å²) in [6.45, 7) is 3.71. The van der Waals surface area contributed by atoms with Gasteiger partial charge in [0.2, 0.25) is 11.8 Å². The maximum atomic E-state index is 12.8. The van der Waals surface area contributed by atoms with Crippen LogP contribution in [0.25, 0.3) is 0 Å². The molecule has 1 aromatic heterocycles. The Hall–Kier alpha value is -1.83. The van der Waals surface area contributed by atoms with Crippen molar-refractivity contribution in [3.05, 3.63) is 46.2 Å². The number of aryl methyl sites for hydroxylation is 1. The van der Waals surface area contributed by atoms with Crippen LogP contribution in [-0.4, -0.2) is 23.9 Å². The zero-order valence-corrected chi connectivity index (χ0v) is 15.0. The number of thiophene rings is 1. The molecule has 5 nitrogen and oxygen atoms in total. The minimum atomic E-state index is -0.592. The second-order valence-corrected chi connectivity index (χ2v) is 7.89. The number of anilines is 1. The van der Waals surface area contributed by atoms with Crippen molar-refractivity contribution in [2.45, 2.75) is 36.1 Å². The molecule has 0 radical (unpaired) electrons. The number of carbonyl (C=O) groups excluding carboxylic acids is 2. The number of hydrogen-bond acceptors (Lipinski definition) is 5. The number of fused-ring (bicyclic) bond motifs is 1. The van der Waals surface area contributed by atoms with E-state index in [0.717, 1.165) is 21.0 Å². The summed E-state index contributed by atoms with van der Waals surface area (Å²) in [5, 5.41) is 7.96. The number of nitrogens with two attached hydrogens (primary N) is 1. The molecule has 2 aromatic rings. The number of amides is 2. The topological polar surface area (TPSA) is 84.2 Å². The third-order valence-corrected chi connectivity index (χ3v) is 6.62. The first-order valence-electron chi connectivity index (χ1n) is 7.63. The molecule has 126 valence electrons. The molecule has 7 heteroatoms. The number of primary amides is 1. The summed E-state index contributed by atoms with van der Waals surface area (Å²) in [5.74, 6) is -0.630. The highest BCUT2D eigenvalue weighted by atomic mass is 32.2. The van der Waals surface area contributed by atoms with Crippen LogP contribution in [-0.2, 0) is 9.59 Å². The van der Waals surface area contributed by atoms with Gasteiger partial charge in [0.1, 0.15) is 6.04 Å². The number of hydrogen-bond donors (Lipinski definition) is 3. The quantitative estimate of drug-likeness (QED) is 0.782. The fourth-order valence-corrected chi connectivity index (χ4v) is 5.18. The molecule has 0 unspecified atom stereocenters. The predicted octanol–water partition coefficient (Wildman–Crippen LogP) is 2.67. The lowest BCUT2D eigenvalue weighted by molar-refractivity contribution is -0.121. The smallest absolute Gasteiger partial charge is 0.243 e. The summed E-state index contributed by atoms with van der Waals surface area (Å²) < 4.78 is 0. The zero-order chi connectivity index (χ0) is 17.3. The van der Waals surface area contributed by atoms with Gasteiger partial charge in [-0.3, -0.25) is 14.9 Å². The summed E-state index contributed by atoms with van der Waals surface area (Å²) in [6.07, 6.45) is 0. The van der Waals surface area contributed by atoms with Crippen LogP contribution >= 0.6 is 23.1 Å². The number of rotatable bonds is 4. The lowest BCUT2D eigenvalue weighted by Crippen LogP contribution is -2.51. The molecule has 1 aromatic carbocycles. The molecule has 24 heavy (non-hydrogen) atoms. The molecule has 0 saturated carbocycles. The molecule has 2 amide bonds. The highest BCUT2D eigenvalue weighted by Gasteiger charge is 2.36. The zero-order valence-electron chi connectivity index (χ0n) is 13.4. The van der Waals surface area contributed by atoms with Crippen molar-refractivity contribution < 1.29 is 9.59 Å².